The van der Waals surface area contributed by atoms with Crippen molar-refractivity contribution in [3.05, 3.63) is 35.7 Å². The first kappa shape index (κ1) is 106. The van der Waals surface area contributed by atoms with Gasteiger partial charge in [-0.05, 0) is 78.6 Å². The fourth-order valence-electron chi connectivity index (χ4n) is 11.6. The summed E-state index contributed by atoms with van der Waals surface area (Å²) in [6.45, 7) is 3.41. The van der Waals surface area contributed by atoms with E-state index in [1.807, 2.05) is 4.90 Å². The Morgan fingerprint density at radius 1 is 0.268 bits per heavy atom. The lowest BCUT2D eigenvalue weighted by Gasteiger charge is -2.27. The highest BCUT2D eigenvalue weighted by Crippen LogP contribution is 2.11. The summed E-state index contributed by atoms with van der Waals surface area (Å²) in [6, 6.07) is -0.819. The number of aromatic nitrogens is 9. The van der Waals surface area contributed by atoms with Crippen LogP contribution in [-0.4, -0.2) is 430 Å². The summed E-state index contributed by atoms with van der Waals surface area (Å²) in [5.41, 5.74) is 2.12. The molecule has 0 unspecified atom stereocenters. The van der Waals surface area contributed by atoms with Gasteiger partial charge in [0.05, 0.1) is 141 Å². The SMILES string of the molecule is CC(=O)CCc1cn(CCCCC(=O)CN(C)C(=O)CN(C)C(=O)CCOCCN(CCOCCC(=O)N(C)CC(=O)N(C)CC(=O)N(C)CC(=O)N(C)CC(=O)N(C)CC(=O)CCCCn2cc(CCC(C)=O)nn2)CCOCCC(=O)N(C)C(=O)N(C)CC(=O)N(C)CC(=O)N(C)CC(=O)N(C)CC(=O)CCCCn2cc(CCC(C)=O)nn2)nn1. The first-order chi connectivity index (χ1) is 58.1. The minimum atomic E-state index is -0.819. The van der Waals surface area contributed by atoms with E-state index < -0.39 is 97.8 Å². The predicted octanol–water partition coefficient (Wildman–Crippen LogP) is -1.74. The minimum absolute atomic E-state index is 0.00959. The lowest BCUT2D eigenvalue weighted by molar-refractivity contribution is -0.145. The smallest absolute Gasteiger partial charge is 0.326 e. The van der Waals surface area contributed by atoms with Crippen LogP contribution in [0.15, 0.2) is 18.6 Å². The highest BCUT2D eigenvalue weighted by molar-refractivity contribution is 5.97. The molecule has 0 aliphatic carbocycles. The number of aryl methyl sites for hydroxylation is 6. The molecular weight excluding hydrogens is 1610 g/mol. The predicted molar refractivity (Wildman–Crippen MR) is 444 cm³/mol. The number of hydrogen-bond donors (Lipinski definition) is 0. The fraction of sp³-hybridized carbons (Fsp3) is 0.700. The maximum atomic E-state index is 13.4. The summed E-state index contributed by atoms with van der Waals surface area (Å²) in [6.07, 6.45) is 11.7. The van der Waals surface area contributed by atoms with Crippen molar-refractivity contribution in [1.29, 1.82) is 0 Å². The molecule has 3 rings (SSSR count). The third-order valence-electron chi connectivity index (χ3n) is 19.7. The van der Waals surface area contributed by atoms with Crippen molar-refractivity contribution in [2.45, 2.75) is 156 Å². The van der Waals surface area contributed by atoms with Crippen LogP contribution in [0.5, 0.6) is 0 Å². The highest BCUT2D eigenvalue weighted by atomic mass is 16.5. The molecule has 0 aliphatic heterocycles. The number of unbranched alkanes of at least 4 members (excludes halogenated alkanes) is 3. The van der Waals surface area contributed by atoms with E-state index in [4.69, 9.17) is 14.2 Å². The summed E-state index contributed by atoms with van der Waals surface area (Å²) in [7, 11) is 16.6. The third-order valence-corrected chi connectivity index (χ3v) is 19.7. The Hall–Kier alpha value is -11.1. The molecule has 3 heterocycles. The number of carbonyl (C=O) groups excluding carboxylic acids is 18. The normalized spacial score (nSPS) is 11.0. The van der Waals surface area contributed by atoms with Crippen LogP contribution in [0.4, 0.5) is 4.79 Å². The van der Waals surface area contributed by atoms with E-state index >= 15 is 0 Å². The lowest BCUT2D eigenvalue weighted by Crippen LogP contribution is -2.49. The molecule has 0 saturated carbocycles. The van der Waals surface area contributed by atoms with Gasteiger partial charge in [-0.1, -0.05) is 15.6 Å². The number of nitrogens with zero attached hydrogens (tertiary/aromatic N) is 22. The van der Waals surface area contributed by atoms with Crippen LogP contribution in [0.1, 0.15) is 134 Å². The monoisotopic (exact) mass is 1730 g/mol. The van der Waals surface area contributed by atoms with Crippen LogP contribution < -0.4 is 0 Å². The van der Waals surface area contributed by atoms with E-state index in [0.717, 1.165) is 34.3 Å². The van der Waals surface area contributed by atoms with E-state index in [2.05, 4.69) is 30.9 Å². The second-order valence-corrected chi connectivity index (χ2v) is 31.0. The van der Waals surface area contributed by atoms with Gasteiger partial charge >= 0.3 is 6.03 Å². The molecule has 3 aromatic rings. The van der Waals surface area contributed by atoms with Crippen molar-refractivity contribution in [2.24, 2.45) is 0 Å². The third kappa shape index (κ3) is 44.5. The second-order valence-electron chi connectivity index (χ2n) is 31.0. The van der Waals surface area contributed by atoms with E-state index in [1.165, 1.54) is 130 Å². The van der Waals surface area contributed by atoms with Crippen molar-refractivity contribution in [1.82, 2.24) is 109 Å². The molecule has 0 radical (unpaired) electrons. The van der Waals surface area contributed by atoms with Gasteiger partial charge in [0, 0.05) is 181 Å². The molecular formula is C80H130N22O21. The molecule has 0 aromatic carbocycles. The Balaban J connectivity index is 1.46. The number of ketones is 6. The van der Waals surface area contributed by atoms with Gasteiger partial charge in [-0.25, -0.2) is 4.79 Å². The van der Waals surface area contributed by atoms with Gasteiger partial charge in [-0.3, -0.25) is 91.0 Å². The van der Waals surface area contributed by atoms with Crippen molar-refractivity contribution in [3.8, 4) is 0 Å². The number of hydrogen-bond acceptors (Lipinski definition) is 28. The van der Waals surface area contributed by atoms with Crippen LogP contribution in [0.3, 0.4) is 0 Å². The van der Waals surface area contributed by atoms with Crippen molar-refractivity contribution < 1.29 is 101 Å². The first-order valence-corrected chi connectivity index (χ1v) is 41.2. The van der Waals surface area contributed by atoms with Crippen molar-refractivity contribution in [2.75, 3.05) is 216 Å². The summed E-state index contributed by atoms with van der Waals surface area (Å²) in [5, 5.41) is 24.4. The molecule has 0 bridgehead atoms. The maximum absolute atomic E-state index is 13.4. The van der Waals surface area contributed by atoms with Crippen molar-refractivity contribution >= 4 is 106 Å². The molecule has 43 heteroatoms. The minimum Gasteiger partial charge on any atom is -0.380 e. The van der Waals surface area contributed by atoms with Crippen LogP contribution in [0.25, 0.3) is 0 Å². The number of carbonyl (C=O) groups is 18. The quantitative estimate of drug-likeness (QED) is 0.0566. The van der Waals surface area contributed by atoms with Crippen LogP contribution >= 0.6 is 0 Å². The van der Waals surface area contributed by atoms with Crippen LogP contribution in [0, 0.1) is 0 Å². The largest absolute Gasteiger partial charge is 0.380 e. The van der Waals surface area contributed by atoms with Crippen molar-refractivity contribution in [3.63, 3.8) is 0 Å². The zero-order valence-corrected chi connectivity index (χ0v) is 74.6. The highest BCUT2D eigenvalue weighted by Gasteiger charge is 2.29. The van der Waals surface area contributed by atoms with Gasteiger partial charge in [0.2, 0.25) is 65.0 Å². The van der Waals surface area contributed by atoms with Gasteiger partial charge < -0.3 is 82.5 Å². The second kappa shape index (κ2) is 57.3. The van der Waals surface area contributed by atoms with Gasteiger partial charge in [0.1, 0.15) is 23.9 Å². The zero-order valence-electron chi connectivity index (χ0n) is 74.6. The summed E-state index contributed by atoms with van der Waals surface area (Å²) in [4.78, 5) is 245. The standard InChI is InChI=1S/C80H130N22O21/c1-60(103)25-28-63-46-100(84-81-63)34-19-16-22-66(106)49-87(4)72(112)52-90(7)69(109)31-40-121-43-37-99(39-45-123-42-33-71(111)98(15)80(120)97(14)59-79(119)96(13)58-78(118)93(10)55-74(114)89(6)51-68(108)24-18-21-36-102-48-65(83-86-102)30-27-62(3)105)38-44-122-41-32-70(110)91(8)53-75(115)94(11)56-77(117)95(12)57-76(116)92(9)54-73(113)88(5)50-67(107)23-17-20-35-101-47-64(82-85-101)29-26-61(2)104/h46-48H,16-45,49-59H2,1-15H3. The maximum Gasteiger partial charge on any atom is 0.326 e. The molecule has 0 fully saturated rings. The number of rotatable bonds is 64. The van der Waals surface area contributed by atoms with Gasteiger partial charge in [0.25, 0.3) is 0 Å². The van der Waals surface area contributed by atoms with Crippen LogP contribution in [-0.2, 0) is 135 Å². The molecule has 686 valence electrons. The molecule has 0 saturated heterocycles. The van der Waals surface area contributed by atoms with E-state index in [-0.39, 0.29) is 178 Å². The molecule has 0 aliphatic rings. The average molecular weight is 1740 g/mol. The zero-order chi connectivity index (χ0) is 91.8. The van der Waals surface area contributed by atoms with Crippen LogP contribution in [0.2, 0.25) is 0 Å². The van der Waals surface area contributed by atoms with Gasteiger partial charge in [-0.2, -0.15) is 0 Å². The molecule has 123 heavy (non-hydrogen) atoms. The number of amides is 13. The van der Waals surface area contributed by atoms with E-state index in [9.17, 15) is 86.3 Å². The lowest BCUT2D eigenvalue weighted by atomic mass is 10.1. The van der Waals surface area contributed by atoms with Gasteiger partial charge in [0.15, 0.2) is 17.3 Å². The van der Waals surface area contributed by atoms with E-state index in [1.54, 1.807) is 32.6 Å². The topological polar surface area (TPSA) is 469 Å². The summed E-state index contributed by atoms with van der Waals surface area (Å²) >= 11 is 0. The number of Topliss-reactive ketones (excluding diaryl/α,β-unsaturated/α-hetero) is 6. The molecule has 43 nitrogen and oxygen atoms in total. The molecule has 0 N–H and O–H groups in total. The Kier molecular flexibility index (Phi) is 49.4. The number of urea groups is 1. The Morgan fingerprint density at radius 2 is 0.496 bits per heavy atom. The number of ether oxygens (including phenoxy) is 3. The fourth-order valence-corrected chi connectivity index (χ4v) is 11.6. The summed E-state index contributed by atoms with van der Waals surface area (Å²) in [5.74, 6) is -6.21. The van der Waals surface area contributed by atoms with E-state index in [0.29, 0.717) is 114 Å². The first-order valence-electron chi connectivity index (χ1n) is 41.2. The molecule has 0 spiro atoms. The Bertz CT molecular complexity index is 4000. The summed E-state index contributed by atoms with van der Waals surface area (Å²) < 4.78 is 22.5. The number of likely N-dealkylation sites (N-methyl/N-ethyl adjacent to an activating group) is 11. The Morgan fingerprint density at radius 3 is 0.748 bits per heavy atom. The molecule has 3 aromatic heterocycles. The number of imide groups is 1. The molecule has 0 atom stereocenters. The molecule has 13 amide bonds. The average Bonchev–Trinajstić information content (AvgIpc) is 1.37. The Labute approximate surface area is 719 Å². The van der Waals surface area contributed by atoms with Gasteiger partial charge in [-0.15, -0.1) is 15.3 Å².